The van der Waals surface area contributed by atoms with E-state index in [1.165, 1.54) is 23.9 Å². The van der Waals surface area contributed by atoms with Gasteiger partial charge in [0.15, 0.2) is 0 Å². The number of nitrogens with one attached hydrogen (secondary N) is 1. The second kappa shape index (κ2) is 10.9. The van der Waals surface area contributed by atoms with Crippen molar-refractivity contribution in [1.29, 1.82) is 0 Å². The topological polar surface area (TPSA) is 42.0 Å². The maximum atomic E-state index is 13.0. The van der Waals surface area contributed by atoms with Crippen molar-refractivity contribution in [1.82, 2.24) is 10.3 Å². The number of halogens is 3. The van der Waals surface area contributed by atoms with Crippen molar-refractivity contribution >= 4 is 22.6 Å². The molecule has 0 aromatic carbocycles. The zero-order valence-corrected chi connectivity index (χ0v) is 17.7. The first-order chi connectivity index (χ1) is 13.5. The Kier molecular flexibility index (Phi) is 9.17. The summed E-state index contributed by atoms with van der Waals surface area (Å²) in [7, 11) is 0. The number of alkyl halides is 3. The summed E-state index contributed by atoms with van der Waals surface area (Å²) < 4.78 is 39.1. The van der Waals surface area contributed by atoms with Crippen LogP contribution in [0, 0.1) is 0 Å². The molecule has 7 heteroatoms. The smallest absolute Gasteiger partial charge is 0.345 e. The van der Waals surface area contributed by atoms with E-state index in [9.17, 15) is 18.0 Å². The molecule has 1 unspecified atom stereocenters. The number of rotatable bonds is 8. The summed E-state index contributed by atoms with van der Waals surface area (Å²) in [6, 6.07) is 2.22. The fourth-order valence-corrected chi connectivity index (χ4v) is 3.44. The number of pyridine rings is 1. The largest absolute Gasteiger partial charge is 0.433 e. The number of carbonyl (C=O) groups excluding carboxylic acids is 1. The van der Waals surface area contributed by atoms with Gasteiger partial charge in [-0.15, -0.1) is 0 Å². The van der Waals surface area contributed by atoms with Crippen LogP contribution in [0.15, 0.2) is 71.8 Å². The highest BCUT2D eigenvalue weighted by Crippen LogP contribution is 2.39. The van der Waals surface area contributed by atoms with E-state index in [2.05, 4.69) is 23.5 Å². The van der Waals surface area contributed by atoms with E-state index in [1.807, 2.05) is 33.8 Å². The Hall–Kier alpha value is -2.54. The summed E-state index contributed by atoms with van der Waals surface area (Å²) in [6.45, 7) is 14.5. The lowest BCUT2D eigenvalue weighted by molar-refractivity contribution is -0.141. The van der Waals surface area contributed by atoms with Crippen molar-refractivity contribution in [3.05, 3.63) is 83.1 Å². The maximum absolute atomic E-state index is 13.0. The molecule has 0 saturated carbocycles. The van der Waals surface area contributed by atoms with E-state index < -0.39 is 11.9 Å². The zero-order chi connectivity index (χ0) is 22.2. The van der Waals surface area contributed by atoms with Crippen LogP contribution in [-0.4, -0.2) is 16.9 Å². The summed E-state index contributed by atoms with van der Waals surface area (Å²) in [6.07, 6.45) is 2.94. The normalized spacial score (nSPS) is 13.5. The van der Waals surface area contributed by atoms with Gasteiger partial charge in [0.1, 0.15) is 5.69 Å². The lowest BCUT2D eigenvalue weighted by Gasteiger charge is -2.20. The third-order valence-electron chi connectivity index (χ3n) is 3.83. The van der Waals surface area contributed by atoms with Gasteiger partial charge in [0.25, 0.3) is 5.91 Å². The SMILES string of the molecule is C=C/C=C(\C=C)C(=O)NC(C)/C(=C/C)SC(=C(C)C)c1ccnc(C(F)(F)F)c1. The molecule has 0 aliphatic heterocycles. The van der Waals surface area contributed by atoms with Crippen molar-refractivity contribution < 1.29 is 18.0 Å². The van der Waals surface area contributed by atoms with Crippen LogP contribution in [0.2, 0.25) is 0 Å². The first kappa shape index (κ1) is 24.5. The molecule has 156 valence electrons. The molecule has 1 aromatic rings. The van der Waals surface area contributed by atoms with Gasteiger partial charge in [-0.1, -0.05) is 54.8 Å². The van der Waals surface area contributed by atoms with Crippen LogP contribution < -0.4 is 5.32 Å². The monoisotopic (exact) mass is 422 g/mol. The second-order valence-corrected chi connectivity index (χ2v) is 7.39. The number of nitrogens with zero attached hydrogens (tertiary/aromatic N) is 1. The Morgan fingerprint density at radius 1 is 1.31 bits per heavy atom. The van der Waals surface area contributed by atoms with Gasteiger partial charge in [-0.3, -0.25) is 9.78 Å². The zero-order valence-electron chi connectivity index (χ0n) is 16.9. The molecule has 0 saturated heterocycles. The third-order valence-corrected chi connectivity index (χ3v) is 5.50. The molecule has 3 nitrogen and oxygen atoms in total. The molecular formula is C22H25F3N2OS. The second-order valence-electron chi connectivity index (χ2n) is 6.31. The Labute approximate surface area is 174 Å². The van der Waals surface area contributed by atoms with Crippen molar-refractivity contribution in [3.8, 4) is 0 Å². The molecule has 0 radical (unpaired) electrons. The number of hydrogen-bond acceptors (Lipinski definition) is 3. The molecule has 1 N–H and O–H groups in total. The Morgan fingerprint density at radius 3 is 2.45 bits per heavy atom. The fraction of sp³-hybridized carbons (Fsp3) is 0.273. The van der Waals surface area contributed by atoms with Crippen molar-refractivity contribution in [3.63, 3.8) is 0 Å². The van der Waals surface area contributed by atoms with Crippen LogP contribution in [0.3, 0.4) is 0 Å². The number of thioether (sulfide) groups is 1. The summed E-state index contributed by atoms with van der Waals surface area (Å²) in [4.78, 5) is 17.3. The lowest BCUT2D eigenvalue weighted by atomic mass is 10.1. The van der Waals surface area contributed by atoms with Crippen molar-refractivity contribution in [2.45, 2.75) is 39.9 Å². The first-order valence-corrected chi connectivity index (χ1v) is 9.67. The van der Waals surface area contributed by atoms with Gasteiger partial charge < -0.3 is 5.32 Å². The third kappa shape index (κ3) is 7.09. The molecule has 29 heavy (non-hydrogen) atoms. The van der Waals surface area contributed by atoms with Crippen LogP contribution in [0.1, 0.15) is 39.0 Å². The minimum Gasteiger partial charge on any atom is -0.345 e. The molecule has 0 aliphatic rings. The van der Waals surface area contributed by atoms with Gasteiger partial charge in [-0.2, -0.15) is 13.2 Å². The molecule has 0 bridgehead atoms. The molecule has 0 aliphatic carbocycles. The van der Waals surface area contributed by atoms with Crippen LogP contribution in [0.4, 0.5) is 13.2 Å². The van der Waals surface area contributed by atoms with Crippen LogP contribution >= 0.6 is 11.8 Å². The van der Waals surface area contributed by atoms with E-state index in [0.717, 1.165) is 22.7 Å². The van der Waals surface area contributed by atoms with Gasteiger partial charge in [0.2, 0.25) is 0 Å². The predicted octanol–water partition coefficient (Wildman–Crippen LogP) is 6.29. The highest BCUT2D eigenvalue weighted by atomic mass is 32.2. The molecular weight excluding hydrogens is 397 g/mol. The molecule has 1 heterocycles. The van der Waals surface area contributed by atoms with Crippen LogP contribution in [0.25, 0.3) is 4.91 Å². The fourth-order valence-electron chi connectivity index (χ4n) is 2.41. The van der Waals surface area contributed by atoms with Gasteiger partial charge >= 0.3 is 6.18 Å². The molecule has 1 amide bonds. The summed E-state index contributed by atoms with van der Waals surface area (Å²) in [5.41, 5.74) is 0.709. The van der Waals surface area contributed by atoms with Gasteiger partial charge in [0, 0.05) is 21.6 Å². The predicted molar refractivity (Wildman–Crippen MR) is 115 cm³/mol. The highest BCUT2D eigenvalue weighted by Gasteiger charge is 2.32. The highest BCUT2D eigenvalue weighted by molar-refractivity contribution is 8.11. The average Bonchev–Trinajstić information content (AvgIpc) is 2.65. The van der Waals surface area contributed by atoms with Crippen LogP contribution in [0.5, 0.6) is 0 Å². The lowest BCUT2D eigenvalue weighted by Crippen LogP contribution is -2.34. The van der Waals surface area contributed by atoms with E-state index in [0.29, 0.717) is 16.0 Å². The number of allylic oxidation sites excluding steroid dienone is 4. The summed E-state index contributed by atoms with van der Waals surface area (Å²) in [5, 5.41) is 2.87. The van der Waals surface area contributed by atoms with Gasteiger partial charge in [0.05, 0.1) is 6.04 Å². The van der Waals surface area contributed by atoms with E-state index in [1.54, 1.807) is 12.1 Å². The molecule has 1 atom stereocenters. The van der Waals surface area contributed by atoms with Crippen molar-refractivity contribution in [2.75, 3.05) is 0 Å². The minimum absolute atomic E-state index is 0.311. The number of amides is 1. The quantitative estimate of drug-likeness (QED) is 0.395. The standard InChI is InChI=1S/C22H25F3N2OS/c1-7-10-16(8-2)21(28)27-15(6)18(9-3)29-20(14(4)5)17-11-12-26-19(13-17)22(23,24)25/h7-13,15H,1-2H2,3-6H3,(H,27,28)/b16-10+,18-9-. The average molecular weight is 423 g/mol. The van der Waals surface area contributed by atoms with E-state index >= 15 is 0 Å². The number of carbonyl (C=O) groups is 1. The van der Waals surface area contributed by atoms with E-state index in [-0.39, 0.29) is 11.9 Å². The van der Waals surface area contributed by atoms with Crippen molar-refractivity contribution in [2.24, 2.45) is 0 Å². The minimum atomic E-state index is -4.52. The Morgan fingerprint density at radius 2 is 1.97 bits per heavy atom. The summed E-state index contributed by atoms with van der Waals surface area (Å²) >= 11 is 1.32. The Balaban J connectivity index is 3.14. The Bertz CT molecular complexity index is 863. The summed E-state index contributed by atoms with van der Waals surface area (Å²) in [5.74, 6) is -0.311. The number of hydrogen-bond donors (Lipinski definition) is 1. The van der Waals surface area contributed by atoms with Gasteiger partial charge in [-0.25, -0.2) is 0 Å². The van der Waals surface area contributed by atoms with Crippen LogP contribution in [-0.2, 0) is 11.0 Å². The first-order valence-electron chi connectivity index (χ1n) is 8.86. The molecule has 1 rings (SSSR count). The molecule has 0 spiro atoms. The number of aromatic nitrogens is 1. The van der Waals surface area contributed by atoms with E-state index in [4.69, 9.17) is 0 Å². The van der Waals surface area contributed by atoms with Gasteiger partial charge in [-0.05, 0) is 45.4 Å². The molecule has 0 fully saturated rings. The molecule has 1 aromatic heterocycles. The maximum Gasteiger partial charge on any atom is 0.433 e.